The van der Waals surface area contributed by atoms with Crippen LogP contribution >= 0.6 is 0 Å². The fraction of sp³-hybridized carbons (Fsp3) is 0. The van der Waals surface area contributed by atoms with Crippen molar-refractivity contribution in [1.29, 1.82) is 0 Å². The summed E-state index contributed by atoms with van der Waals surface area (Å²) in [5.41, 5.74) is 5.30. The molecular formula is C10H8F2N4O. The van der Waals surface area contributed by atoms with Gasteiger partial charge in [-0.05, 0) is 12.1 Å². The lowest BCUT2D eigenvalue weighted by Crippen LogP contribution is -2.15. The number of hydrogen-bond acceptors (Lipinski definition) is 3. The van der Waals surface area contributed by atoms with Crippen molar-refractivity contribution in [3.8, 4) is 0 Å². The number of carbonyl (C=O) groups is 1. The molecule has 0 atom stereocenters. The van der Waals surface area contributed by atoms with E-state index in [4.69, 9.17) is 5.73 Å². The number of hydrogen-bond donors (Lipinski definition) is 3. The van der Waals surface area contributed by atoms with Crippen LogP contribution < -0.4 is 11.1 Å². The van der Waals surface area contributed by atoms with E-state index in [2.05, 4.69) is 15.5 Å². The van der Waals surface area contributed by atoms with E-state index in [0.29, 0.717) is 0 Å². The Balaban J connectivity index is 2.24. The van der Waals surface area contributed by atoms with E-state index in [9.17, 15) is 13.6 Å². The van der Waals surface area contributed by atoms with E-state index in [1.165, 1.54) is 6.20 Å². The highest BCUT2D eigenvalue weighted by Gasteiger charge is 2.14. The summed E-state index contributed by atoms with van der Waals surface area (Å²) in [5.74, 6) is -2.08. The average molecular weight is 238 g/mol. The van der Waals surface area contributed by atoms with Crippen LogP contribution in [0.15, 0.2) is 24.4 Å². The van der Waals surface area contributed by atoms with Gasteiger partial charge < -0.3 is 11.1 Å². The van der Waals surface area contributed by atoms with Crippen LogP contribution in [0.4, 0.5) is 20.2 Å². The van der Waals surface area contributed by atoms with Crippen molar-refractivity contribution in [3.05, 3.63) is 41.7 Å². The Bertz CT molecular complexity index is 567. The third kappa shape index (κ3) is 2.22. The molecule has 88 valence electrons. The molecular weight excluding hydrogens is 230 g/mol. The van der Waals surface area contributed by atoms with E-state index >= 15 is 0 Å². The second kappa shape index (κ2) is 4.20. The van der Waals surface area contributed by atoms with Crippen LogP contribution in [0.3, 0.4) is 0 Å². The lowest BCUT2D eigenvalue weighted by Gasteiger charge is -2.05. The summed E-state index contributed by atoms with van der Waals surface area (Å²) in [6.45, 7) is 0. The van der Waals surface area contributed by atoms with Gasteiger partial charge in [-0.25, -0.2) is 8.78 Å². The number of aromatic amines is 1. The minimum atomic E-state index is -0.738. The molecule has 0 bridgehead atoms. The standard InChI is InChI=1S/C10H8F2N4O/c11-5-1-2-6(12)8(3-5)15-10(17)9-7(13)4-14-16-9/h1-4H,13H2,(H,14,16)(H,15,17). The van der Waals surface area contributed by atoms with Gasteiger partial charge in [-0.1, -0.05) is 0 Å². The fourth-order valence-electron chi connectivity index (χ4n) is 1.26. The lowest BCUT2D eigenvalue weighted by molar-refractivity contribution is 0.102. The molecule has 0 spiro atoms. The zero-order chi connectivity index (χ0) is 12.4. The number of anilines is 2. The highest BCUT2D eigenvalue weighted by Crippen LogP contribution is 2.17. The van der Waals surface area contributed by atoms with Crippen LogP contribution in [0.5, 0.6) is 0 Å². The topological polar surface area (TPSA) is 83.8 Å². The first-order valence-corrected chi connectivity index (χ1v) is 4.63. The Morgan fingerprint density at radius 2 is 2.18 bits per heavy atom. The van der Waals surface area contributed by atoms with E-state index < -0.39 is 17.5 Å². The molecule has 0 unspecified atom stereocenters. The molecule has 1 amide bonds. The van der Waals surface area contributed by atoms with Crippen LogP contribution in [0.2, 0.25) is 0 Å². The molecule has 0 aliphatic carbocycles. The highest BCUT2D eigenvalue weighted by molar-refractivity contribution is 6.06. The fourth-order valence-corrected chi connectivity index (χ4v) is 1.26. The van der Waals surface area contributed by atoms with Gasteiger partial charge in [-0.3, -0.25) is 9.89 Å². The maximum Gasteiger partial charge on any atom is 0.275 e. The summed E-state index contributed by atoms with van der Waals surface area (Å²) in [5, 5.41) is 8.09. The minimum Gasteiger partial charge on any atom is -0.396 e. The molecule has 1 heterocycles. The number of nitrogens with two attached hydrogens (primary N) is 1. The van der Waals surface area contributed by atoms with Crippen LogP contribution in [0.25, 0.3) is 0 Å². The molecule has 0 radical (unpaired) electrons. The van der Waals surface area contributed by atoms with Gasteiger partial charge in [0.1, 0.15) is 17.3 Å². The second-order valence-corrected chi connectivity index (χ2v) is 3.28. The third-order valence-corrected chi connectivity index (χ3v) is 2.07. The number of benzene rings is 1. The summed E-state index contributed by atoms with van der Waals surface area (Å²) < 4.78 is 26.1. The molecule has 0 aliphatic heterocycles. The first-order valence-electron chi connectivity index (χ1n) is 4.63. The Labute approximate surface area is 94.6 Å². The van der Waals surface area contributed by atoms with Crippen LogP contribution in [-0.4, -0.2) is 16.1 Å². The van der Waals surface area contributed by atoms with Gasteiger partial charge in [-0.2, -0.15) is 5.10 Å². The largest absolute Gasteiger partial charge is 0.396 e. The van der Waals surface area contributed by atoms with Gasteiger partial charge in [0.25, 0.3) is 5.91 Å². The zero-order valence-electron chi connectivity index (χ0n) is 8.50. The molecule has 2 aromatic rings. The van der Waals surface area contributed by atoms with E-state index in [0.717, 1.165) is 18.2 Å². The Hall–Kier alpha value is -2.44. The van der Waals surface area contributed by atoms with Gasteiger partial charge >= 0.3 is 0 Å². The monoisotopic (exact) mass is 238 g/mol. The third-order valence-electron chi connectivity index (χ3n) is 2.07. The SMILES string of the molecule is Nc1cn[nH]c1C(=O)Nc1cc(F)ccc1F. The summed E-state index contributed by atoms with van der Waals surface area (Å²) in [6, 6.07) is 2.75. The summed E-state index contributed by atoms with van der Waals surface area (Å²) in [4.78, 5) is 11.6. The van der Waals surface area contributed by atoms with Crippen molar-refractivity contribution < 1.29 is 13.6 Å². The van der Waals surface area contributed by atoms with Crippen LogP contribution in [0, 0.1) is 11.6 Å². The molecule has 1 aromatic carbocycles. The van der Waals surface area contributed by atoms with Gasteiger partial charge in [0.15, 0.2) is 0 Å². The molecule has 4 N–H and O–H groups in total. The molecule has 2 rings (SSSR count). The first kappa shape index (κ1) is 11.1. The Morgan fingerprint density at radius 1 is 1.41 bits per heavy atom. The number of H-pyrrole nitrogens is 1. The highest BCUT2D eigenvalue weighted by atomic mass is 19.1. The zero-order valence-corrected chi connectivity index (χ0v) is 8.50. The van der Waals surface area contributed by atoms with Gasteiger partial charge in [0, 0.05) is 6.07 Å². The normalized spacial score (nSPS) is 10.2. The van der Waals surface area contributed by atoms with Crippen LogP contribution in [0.1, 0.15) is 10.5 Å². The van der Waals surface area contributed by atoms with Crippen LogP contribution in [-0.2, 0) is 0 Å². The molecule has 0 saturated carbocycles. The molecule has 5 nitrogen and oxygen atoms in total. The predicted molar refractivity (Wildman–Crippen MR) is 57.3 cm³/mol. The molecule has 0 fully saturated rings. The number of halogens is 2. The maximum absolute atomic E-state index is 13.2. The average Bonchev–Trinajstić information content (AvgIpc) is 2.70. The van der Waals surface area contributed by atoms with Gasteiger partial charge in [0.2, 0.25) is 0 Å². The second-order valence-electron chi connectivity index (χ2n) is 3.28. The molecule has 17 heavy (non-hydrogen) atoms. The van der Waals surface area contributed by atoms with Crippen molar-refractivity contribution in [2.75, 3.05) is 11.1 Å². The molecule has 7 heteroatoms. The molecule has 1 aromatic heterocycles. The van der Waals surface area contributed by atoms with Crippen molar-refractivity contribution in [1.82, 2.24) is 10.2 Å². The van der Waals surface area contributed by atoms with E-state index in [1.54, 1.807) is 0 Å². The van der Waals surface area contributed by atoms with Gasteiger partial charge in [0.05, 0.1) is 17.6 Å². The van der Waals surface area contributed by atoms with Crippen molar-refractivity contribution in [2.45, 2.75) is 0 Å². The number of carbonyl (C=O) groups excluding carboxylic acids is 1. The lowest BCUT2D eigenvalue weighted by atomic mass is 10.2. The maximum atomic E-state index is 13.2. The summed E-state index contributed by atoms with van der Waals surface area (Å²) in [6.07, 6.45) is 1.25. The number of nitrogen functional groups attached to an aromatic ring is 1. The quantitative estimate of drug-likeness (QED) is 0.741. The Morgan fingerprint density at radius 3 is 2.82 bits per heavy atom. The molecule has 0 saturated heterocycles. The van der Waals surface area contributed by atoms with E-state index in [1.807, 2.05) is 0 Å². The van der Waals surface area contributed by atoms with Crippen molar-refractivity contribution in [2.24, 2.45) is 0 Å². The Kier molecular flexibility index (Phi) is 2.73. The predicted octanol–water partition coefficient (Wildman–Crippen LogP) is 1.52. The number of rotatable bonds is 2. The number of amides is 1. The number of aromatic nitrogens is 2. The van der Waals surface area contributed by atoms with Gasteiger partial charge in [-0.15, -0.1) is 0 Å². The first-order chi connectivity index (χ1) is 8.08. The number of nitrogens with zero attached hydrogens (tertiary/aromatic N) is 1. The smallest absolute Gasteiger partial charge is 0.275 e. The molecule has 0 aliphatic rings. The summed E-state index contributed by atoms with van der Waals surface area (Å²) >= 11 is 0. The van der Waals surface area contributed by atoms with Crippen molar-refractivity contribution in [3.63, 3.8) is 0 Å². The summed E-state index contributed by atoms with van der Waals surface area (Å²) in [7, 11) is 0. The number of nitrogens with one attached hydrogen (secondary N) is 2. The van der Waals surface area contributed by atoms with Crippen molar-refractivity contribution >= 4 is 17.3 Å². The minimum absolute atomic E-state index is 0.00587. The van der Waals surface area contributed by atoms with E-state index in [-0.39, 0.29) is 17.1 Å².